The number of nitrogens with one attached hydrogen (secondary N) is 1. The maximum absolute atomic E-state index is 13.0. The van der Waals surface area contributed by atoms with Crippen molar-refractivity contribution in [2.45, 2.75) is 13.0 Å². The van der Waals surface area contributed by atoms with E-state index in [0.29, 0.717) is 24.5 Å². The third-order valence-corrected chi connectivity index (χ3v) is 3.81. The van der Waals surface area contributed by atoms with Crippen LogP contribution >= 0.6 is 11.6 Å². The highest BCUT2D eigenvalue weighted by molar-refractivity contribution is 6.32. The molecule has 3 rings (SSSR count). The second-order valence-corrected chi connectivity index (χ2v) is 5.98. The van der Waals surface area contributed by atoms with E-state index in [1.807, 2.05) is 13.2 Å². The molecule has 136 valence electrons. The van der Waals surface area contributed by atoms with E-state index in [1.54, 1.807) is 10.9 Å². The first-order valence-corrected chi connectivity index (χ1v) is 8.18. The molecule has 0 aliphatic carbocycles. The Kier molecular flexibility index (Phi) is 5.52. The molecule has 0 bridgehead atoms. The first-order valence-electron chi connectivity index (χ1n) is 7.80. The molecule has 0 radical (unpaired) electrons. The minimum atomic E-state index is -0.452. The van der Waals surface area contributed by atoms with Crippen LogP contribution in [0.1, 0.15) is 21.8 Å². The molecule has 1 amide bonds. The van der Waals surface area contributed by atoms with Crippen LogP contribution in [0, 0.1) is 5.82 Å². The van der Waals surface area contributed by atoms with Crippen molar-refractivity contribution in [1.29, 1.82) is 0 Å². The van der Waals surface area contributed by atoms with E-state index in [0.717, 1.165) is 11.6 Å². The van der Waals surface area contributed by atoms with Gasteiger partial charge in [-0.05, 0) is 30.2 Å². The average molecular weight is 379 g/mol. The number of benzene rings is 1. The fraction of sp³-hybridized carbons (Fsp3) is 0.235. The number of aryl methyl sites for hydroxylation is 1. The van der Waals surface area contributed by atoms with E-state index in [1.165, 1.54) is 18.2 Å². The summed E-state index contributed by atoms with van der Waals surface area (Å²) in [6.07, 6.45) is 4.30. The molecule has 1 N–H and O–H groups in total. The number of aromatic nitrogens is 3. The summed E-state index contributed by atoms with van der Waals surface area (Å²) < 4.78 is 25.2. The summed E-state index contributed by atoms with van der Waals surface area (Å²) in [6, 6.07) is 5.29. The second-order valence-electron chi connectivity index (χ2n) is 5.57. The Morgan fingerprint density at radius 3 is 3.00 bits per heavy atom. The zero-order chi connectivity index (χ0) is 18.5. The summed E-state index contributed by atoms with van der Waals surface area (Å²) in [4.78, 5) is 12.1. The first kappa shape index (κ1) is 17.9. The van der Waals surface area contributed by atoms with Crippen LogP contribution in [0.15, 0.2) is 41.2 Å². The largest absolute Gasteiger partial charge is 0.484 e. The third kappa shape index (κ3) is 4.60. The highest BCUT2D eigenvalue weighted by Gasteiger charge is 2.13. The van der Waals surface area contributed by atoms with Gasteiger partial charge in [-0.1, -0.05) is 16.8 Å². The van der Waals surface area contributed by atoms with E-state index in [9.17, 15) is 9.18 Å². The molecule has 26 heavy (non-hydrogen) atoms. The summed E-state index contributed by atoms with van der Waals surface area (Å²) >= 11 is 5.88. The molecule has 0 aliphatic heterocycles. The number of halogens is 2. The SMILES string of the molecule is Cn1cc(CCNC(=O)c2cc(COc3ccc(F)cc3Cl)on2)cn1. The van der Waals surface area contributed by atoms with Crippen molar-refractivity contribution < 1.29 is 18.4 Å². The summed E-state index contributed by atoms with van der Waals surface area (Å²) in [5, 5.41) is 10.7. The van der Waals surface area contributed by atoms with Crippen molar-refractivity contribution in [3.63, 3.8) is 0 Å². The molecule has 0 atom stereocenters. The highest BCUT2D eigenvalue weighted by atomic mass is 35.5. The normalized spacial score (nSPS) is 10.7. The summed E-state index contributed by atoms with van der Waals surface area (Å²) in [5.41, 5.74) is 1.18. The van der Waals surface area contributed by atoms with Gasteiger partial charge in [0.25, 0.3) is 5.91 Å². The van der Waals surface area contributed by atoms with E-state index < -0.39 is 5.82 Å². The van der Waals surface area contributed by atoms with Gasteiger partial charge in [0.05, 0.1) is 11.2 Å². The Labute approximate surface area is 153 Å². The molecule has 2 heterocycles. The lowest BCUT2D eigenvalue weighted by atomic mass is 10.2. The van der Waals surface area contributed by atoms with Gasteiger partial charge in [-0.3, -0.25) is 9.48 Å². The Bertz CT molecular complexity index is 909. The van der Waals surface area contributed by atoms with Gasteiger partial charge in [-0.15, -0.1) is 0 Å². The fourth-order valence-corrected chi connectivity index (χ4v) is 2.46. The Balaban J connectivity index is 1.49. The summed E-state index contributed by atoms with van der Waals surface area (Å²) in [6.45, 7) is 0.468. The lowest BCUT2D eigenvalue weighted by Crippen LogP contribution is -2.25. The minimum Gasteiger partial charge on any atom is -0.484 e. The predicted molar refractivity (Wildman–Crippen MR) is 91.5 cm³/mol. The molecule has 0 unspecified atom stereocenters. The van der Waals surface area contributed by atoms with E-state index in [-0.39, 0.29) is 23.2 Å². The van der Waals surface area contributed by atoms with Gasteiger partial charge in [-0.2, -0.15) is 5.10 Å². The van der Waals surface area contributed by atoms with Crippen LogP contribution in [0.5, 0.6) is 5.75 Å². The molecule has 3 aromatic rings. The monoisotopic (exact) mass is 378 g/mol. The summed E-state index contributed by atoms with van der Waals surface area (Å²) in [7, 11) is 1.83. The fourth-order valence-electron chi connectivity index (χ4n) is 2.24. The van der Waals surface area contributed by atoms with Gasteiger partial charge in [-0.25, -0.2) is 4.39 Å². The van der Waals surface area contributed by atoms with Crippen molar-refractivity contribution in [2.75, 3.05) is 6.54 Å². The van der Waals surface area contributed by atoms with E-state index >= 15 is 0 Å². The molecule has 1 aromatic carbocycles. The smallest absolute Gasteiger partial charge is 0.273 e. The van der Waals surface area contributed by atoms with Gasteiger partial charge in [0, 0.05) is 25.9 Å². The highest BCUT2D eigenvalue weighted by Crippen LogP contribution is 2.25. The molecule has 0 spiro atoms. The average Bonchev–Trinajstić information content (AvgIpc) is 3.23. The van der Waals surface area contributed by atoms with Crippen LogP contribution in [-0.4, -0.2) is 27.4 Å². The number of ether oxygens (including phenoxy) is 1. The molecule has 0 aliphatic rings. The van der Waals surface area contributed by atoms with Gasteiger partial charge in [0.15, 0.2) is 11.5 Å². The Hall–Kier alpha value is -2.87. The zero-order valence-corrected chi connectivity index (χ0v) is 14.7. The first-order chi connectivity index (χ1) is 12.5. The molecule has 2 aromatic heterocycles. The topological polar surface area (TPSA) is 82.2 Å². The number of rotatable bonds is 7. The van der Waals surface area contributed by atoms with E-state index in [2.05, 4.69) is 15.6 Å². The van der Waals surface area contributed by atoms with Gasteiger partial charge < -0.3 is 14.6 Å². The van der Waals surface area contributed by atoms with Crippen molar-refractivity contribution in [3.05, 3.63) is 64.5 Å². The quantitative estimate of drug-likeness (QED) is 0.683. The number of hydrogen-bond donors (Lipinski definition) is 1. The standard InChI is InChI=1S/C17H16ClFN4O3/c1-23-9-11(8-21-23)4-5-20-17(24)15-7-13(26-22-15)10-25-16-3-2-12(19)6-14(16)18/h2-3,6-9H,4-5,10H2,1H3,(H,20,24). The lowest BCUT2D eigenvalue weighted by molar-refractivity contribution is 0.0944. The van der Waals surface area contributed by atoms with Gasteiger partial charge >= 0.3 is 0 Å². The third-order valence-electron chi connectivity index (χ3n) is 3.51. The number of hydrogen-bond acceptors (Lipinski definition) is 5. The van der Waals surface area contributed by atoms with Crippen LogP contribution < -0.4 is 10.1 Å². The van der Waals surface area contributed by atoms with Crippen LogP contribution in [0.4, 0.5) is 4.39 Å². The number of carbonyl (C=O) groups excluding carboxylic acids is 1. The van der Waals surface area contributed by atoms with Crippen LogP contribution in [-0.2, 0) is 20.1 Å². The van der Waals surface area contributed by atoms with Gasteiger partial charge in [0.1, 0.15) is 18.2 Å². The molecule has 9 heteroatoms. The summed E-state index contributed by atoms with van der Waals surface area (Å²) in [5.74, 6) is -0.134. The molecule has 0 saturated heterocycles. The second kappa shape index (κ2) is 8.01. The molecule has 7 nitrogen and oxygen atoms in total. The lowest BCUT2D eigenvalue weighted by Gasteiger charge is -2.05. The molecule has 0 fully saturated rings. The Morgan fingerprint density at radius 2 is 2.27 bits per heavy atom. The number of carbonyl (C=O) groups is 1. The van der Waals surface area contributed by atoms with Crippen molar-refractivity contribution >= 4 is 17.5 Å². The van der Waals surface area contributed by atoms with Gasteiger partial charge in [0.2, 0.25) is 0 Å². The molecular formula is C17H16ClFN4O3. The number of amides is 1. The van der Waals surface area contributed by atoms with Crippen molar-refractivity contribution in [1.82, 2.24) is 20.3 Å². The maximum Gasteiger partial charge on any atom is 0.273 e. The van der Waals surface area contributed by atoms with Crippen LogP contribution in [0.3, 0.4) is 0 Å². The Morgan fingerprint density at radius 1 is 1.42 bits per heavy atom. The van der Waals surface area contributed by atoms with Crippen LogP contribution in [0.25, 0.3) is 0 Å². The van der Waals surface area contributed by atoms with Crippen molar-refractivity contribution in [2.24, 2.45) is 7.05 Å². The number of nitrogens with zero attached hydrogens (tertiary/aromatic N) is 3. The maximum atomic E-state index is 13.0. The molecular weight excluding hydrogens is 363 g/mol. The van der Waals surface area contributed by atoms with E-state index in [4.69, 9.17) is 20.9 Å². The molecule has 0 saturated carbocycles. The van der Waals surface area contributed by atoms with Crippen molar-refractivity contribution in [3.8, 4) is 5.75 Å². The van der Waals surface area contributed by atoms with Crippen LogP contribution in [0.2, 0.25) is 5.02 Å². The zero-order valence-electron chi connectivity index (χ0n) is 13.9. The predicted octanol–water partition coefficient (Wildman–Crippen LogP) is 2.75. The minimum absolute atomic E-state index is 0.0152.